The van der Waals surface area contributed by atoms with Crippen LogP contribution in [-0.2, 0) is 6.54 Å². The van der Waals surface area contributed by atoms with Crippen LogP contribution in [0.25, 0.3) is 11.3 Å². The molecule has 1 saturated carbocycles. The molecule has 3 rings (SSSR count). The van der Waals surface area contributed by atoms with E-state index in [-0.39, 0.29) is 5.56 Å². The van der Waals surface area contributed by atoms with Crippen molar-refractivity contribution in [2.75, 3.05) is 6.54 Å². The Hall–Kier alpha value is -1.87. The van der Waals surface area contributed by atoms with E-state index in [1.165, 1.54) is 0 Å². The van der Waals surface area contributed by atoms with Gasteiger partial charge in [0.2, 0.25) is 0 Å². The molecule has 1 aromatic carbocycles. The van der Waals surface area contributed by atoms with Gasteiger partial charge in [0.05, 0.1) is 5.69 Å². The maximum atomic E-state index is 12.8. The molecule has 0 unspecified atom stereocenters. The third-order valence-corrected chi connectivity index (χ3v) is 4.05. The Kier molecular flexibility index (Phi) is 4.44. The van der Waals surface area contributed by atoms with Crippen molar-refractivity contribution in [3.05, 3.63) is 58.4 Å². The quantitative estimate of drug-likeness (QED) is 0.884. The van der Waals surface area contributed by atoms with Crippen LogP contribution in [0.5, 0.6) is 0 Å². The second-order valence-electron chi connectivity index (χ2n) is 6.54. The van der Waals surface area contributed by atoms with Crippen LogP contribution in [-0.4, -0.2) is 11.1 Å². The van der Waals surface area contributed by atoms with E-state index in [0.717, 1.165) is 36.2 Å². The first-order valence-corrected chi connectivity index (χ1v) is 8.17. The predicted molar refractivity (Wildman–Crippen MR) is 91.0 cm³/mol. The number of hydrogen-bond acceptors (Lipinski definition) is 2. The monoisotopic (exact) mass is 296 g/mol. The molecule has 116 valence electrons. The first-order valence-electron chi connectivity index (χ1n) is 8.17. The van der Waals surface area contributed by atoms with E-state index >= 15 is 0 Å². The molecule has 1 fully saturated rings. The van der Waals surface area contributed by atoms with Crippen LogP contribution in [0.2, 0.25) is 0 Å². The van der Waals surface area contributed by atoms with E-state index in [0.29, 0.717) is 18.5 Å². The highest BCUT2D eigenvalue weighted by Gasteiger charge is 2.27. The van der Waals surface area contributed by atoms with E-state index in [2.05, 4.69) is 37.4 Å². The van der Waals surface area contributed by atoms with Gasteiger partial charge in [-0.05, 0) is 36.9 Å². The van der Waals surface area contributed by atoms with Gasteiger partial charge in [-0.3, -0.25) is 4.79 Å². The zero-order valence-electron chi connectivity index (χ0n) is 13.4. The molecule has 0 amide bonds. The smallest absolute Gasteiger partial charge is 0.255 e. The van der Waals surface area contributed by atoms with Gasteiger partial charge in [-0.1, -0.05) is 50.2 Å². The average Bonchev–Trinajstić information content (AvgIpc) is 3.34. The average molecular weight is 296 g/mol. The van der Waals surface area contributed by atoms with Crippen molar-refractivity contribution in [1.29, 1.82) is 0 Å². The van der Waals surface area contributed by atoms with Crippen LogP contribution in [0.1, 0.15) is 38.3 Å². The zero-order valence-corrected chi connectivity index (χ0v) is 13.4. The van der Waals surface area contributed by atoms with E-state index in [9.17, 15) is 4.79 Å². The lowest BCUT2D eigenvalue weighted by Gasteiger charge is -2.15. The van der Waals surface area contributed by atoms with Gasteiger partial charge >= 0.3 is 0 Å². The van der Waals surface area contributed by atoms with Crippen LogP contribution in [0.3, 0.4) is 0 Å². The first-order chi connectivity index (χ1) is 10.7. The van der Waals surface area contributed by atoms with Gasteiger partial charge in [0.15, 0.2) is 0 Å². The Morgan fingerprint density at radius 1 is 1.14 bits per heavy atom. The molecule has 0 atom stereocenters. The molecule has 22 heavy (non-hydrogen) atoms. The normalized spacial score (nSPS) is 14.5. The summed E-state index contributed by atoms with van der Waals surface area (Å²) in [6.07, 6.45) is 2.23. The molecule has 3 nitrogen and oxygen atoms in total. The number of nitrogens with one attached hydrogen (secondary N) is 1. The van der Waals surface area contributed by atoms with Crippen LogP contribution in [0.4, 0.5) is 0 Å². The van der Waals surface area contributed by atoms with Gasteiger partial charge in [-0.15, -0.1) is 0 Å². The minimum absolute atomic E-state index is 0.167. The molecule has 1 heterocycles. The Morgan fingerprint density at radius 2 is 1.86 bits per heavy atom. The number of nitrogens with zero attached hydrogens (tertiary/aromatic N) is 1. The van der Waals surface area contributed by atoms with Gasteiger partial charge < -0.3 is 9.88 Å². The van der Waals surface area contributed by atoms with Crippen LogP contribution >= 0.6 is 0 Å². The number of pyridine rings is 1. The number of hydrogen-bond donors (Lipinski definition) is 1. The molecule has 0 saturated heterocycles. The second kappa shape index (κ2) is 6.49. The molecule has 1 aromatic heterocycles. The van der Waals surface area contributed by atoms with Crippen LogP contribution in [0.15, 0.2) is 47.3 Å². The number of benzene rings is 1. The Bertz CT molecular complexity index is 684. The van der Waals surface area contributed by atoms with Crippen LogP contribution < -0.4 is 10.9 Å². The molecule has 0 spiro atoms. The Balaban J connectivity index is 1.93. The number of aromatic nitrogens is 1. The lowest BCUT2D eigenvalue weighted by molar-refractivity contribution is 0.548. The van der Waals surface area contributed by atoms with Crippen LogP contribution in [0, 0.1) is 5.92 Å². The molecule has 0 bridgehead atoms. The molecule has 3 heteroatoms. The molecule has 1 aliphatic rings. The number of rotatable bonds is 6. The van der Waals surface area contributed by atoms with Gasteiger partial charge in [-0.2, -0.15) is 0 Å². The summed E-state index contributed by atoms with van der Waals surface area (Å²) in [5.41, 5.74) is 3.20. The molecule has 1 N–H and O–H groups in total. The molecule has 2 aromatic rings. The van der Waals surface area contributed by atoms with Gasteiger partial charge in [0.25, 0.3) is 5.56 Å². The van der Waals surface area contributed by atoms with Gasteiger partial charge in [-0.25, -0.2) is 0 Å². The predicted octanol–water partition coefficient (Wildman–Crippen LogP) is 3.60. The SMILES string of the molecule is CC(C)CNCc1ccc(-c2ccccc2)n(C2CC2)c1=O. The highest BCUT2D eigenvalue weighted by Crippen LogP contribution is 2.37. The fourth-order valence-electron chi connectivity index (χ4n) is 2.76. The standard InChI is InChI=1S/C19H24N2O/c1-14(2)12-20-13-16-8-11-18(15-6-4-3-5-7-15)21(19(16)22)17-9-10-17/h3-8,11,14,17,20H,9-10,12-13H2,1-2H3. The third-order valence-electron chi connectivity index (χ3n) is 4.05. The van der Waals surface area contributed by atoms with Gasteiger partial charge in [0, 0.05) is 18.2 Å². The van der Waals surface area contributed by atoms with Crippen molar-refractivity contribution in [2.45, 2.75) is 39.3 Å². The molecule has 0 aliphatic heterocycles. The maximum Gasteiger partial charge on any atom is 0.255 e. The summed E-state index contributed by atoms with van der Waals surface area (Å²) in [7, 11) is 0. The summed E-state index contributed by atoms with van der Waals surface area (Å²) in [6, 6.07) is 14.7. The van der Waals surface area contributed by atoms with E-state index in [4.69, 9.17) is 0 Å². The van der Waals surface area contributed by atoms with Crippen molar-refractivity contribution in [3.8, 4) is 11.3 Å². The van der Waals surface area contributed by atoms with Gasteiger partial charge in [0.1, 0.15) is 0 Å². The van der Waals surface area contributed by atoms with Crippen molar-refractivity contribution >= 4 is 0 Å². The van der Waals surface area contributed by atoms with Crippen molar-refractivity contribution in [2.24, 2.45) is 5.92 Å². The fourth-order valence-corrected chi connectivity index (χ4v) is 2.76. The molecular formula is C19H24N2O. The maximum absolute atomic E-state index is 12.8. The zero-order chi connectivity index (χ0) is 15.5. The van der Waals surface area contributed by atoms with E-state index in [1.807, 2.05) is 28.8 Å². The second-order valence-corrected chi connectivity index (χ2v) is 6.54. The van der Waals surface area contributed by atoms with E-state index in [1.54, 1.807) is 0 Å². The van der Waals surface area contributed by atoms with E-state index < -0.39 is 0 Å². The highest BCUT2D eigenvalue weighted by atomic mass is 16.1. The molecule has 0 radical (unpaired) electrons. The van der Waals surface area contributed by atoms with Crippen molar-refractivity contribution in [3.63, 3.8) is 0 Å². The third kappa shape index (κ3) is 3.30. The Labute approximate surface area is 132 Å². The Morgan fingerprint density at radius 3 is 2.50 bits per heavy atom. The lowest BCUT2D eigenvalue weighted by Crippen LogP contribution is -2.29. The highest BCUT2D eigenvalue weighted by molar-refractivity contribution is 5.60. The topological polar surface area (TPSA) is 34.0 Å². The van der Waals surface area contributed by atoms with Crippen molar-refractivity contribution in [1.82, 2.24) is 9.88 Å². The lowest BCUT2D eigenvalue weighted by atomic mass is 10.1. The summed E-state index contributed by atoms with van der Waals surface area (Å²) in [4.78, 5) is 12.8. The summed E-state index contributed by atoms with van der Waals surface area (Å²) in [5, 5.41) is 3.37. The first kappa shape index (κ1) is 15.0. The molecular weight excluding hydrogens is 272 g/mol. The molecule has 1 aliphatic carbocycles. The summed E-state index contributed by atoms with van der Waals surface area (Å²) >= 11 is 0. The van der Waals surface area contributed by atoms with Crippen molar-refractivity contribution < 1.29 is 0 Å². The minimum atomic E-state index is 0.167. The largest absolute Gasteiger partial charge is 0.312 e. The fraction of sp³-hybridized carbons (Fsp3) is 0.421. The minimum Gasteiger partial charge on any atom is -0.312 e. The summed E-state index contributed by atoms with van der Waals surface area (Å²) in [5.74, 6) is 0.592. The summed E-state index contributed by atoms with van der Waals surface area (Å²) in [6.45, 7) is 5.93. The summed E-state index contributed by atoms with van der Waals surface area (Å²) < 4.78 is 2.00.